The number of imidazole rings is 1. The molecule has 26 heavy (non-hydrogen) atoms. The highest BCUT2D eigenvalue weighted by atomic mass is 15.1. The van der Waals surface area contributed by atoms with E-state index in [2.05, 4.69) is 65.0 Å². The number of rotatable bonds is 5. The van der Waals surface area contributed by atoms with Crippen LogP contribution < -0.4 is 5.73 Å². The zero-order valence-corrected chi connectivity index (χ0v) is 15.6. The second-order valence-electron chi connectivity index (χ2n) is 7.43. The monoisotopic (exact) mass is 348 g/mol. The number of aromatic nitrogens is 2. The lowest BCUT2D eigenvalue weighted by atomic mass is 9.95. The Kier molecular flexibility index (Phi) is 5.05. The summed E-state index contributed by atoms with van der Waals surface area (Å²) in [6.07, 6.45) is 3.32. The minimum absolute atomic E-state index is 0.562. The zero-order valence-electron chi connectivity index (χ0n) is 15.6. The molecule has 0 amide bonds. The molecule has 0 aliphatic carbocycles. The van der Waals surface area contributed by atoms with Gasteiger partial charge >= 0.3 is 0 Å². The summed E-state index contributed by atoms with van der Waals surface area (Å²) in [4.78, 5) is 7.48. The Morgan fingerprint density at radius 3 is 2.58 bits per heavy atom. The lowest BCUT2D eigenvalue weighted by Gasteiger charge is -2.31. The van der Waals surface area contributed by atoms with Gasteiger partial charge in [-0.3, -0.25) is 4.90 Å². The Morgan fingerprint density at radius 1 is 1.04 bits per heavy atom. The van der Waals surface area contributed by atoms with Gasteiger partial charge in [0, 0.05) is 19.5 Å². The van der Waals surface area contributed by atoms with E-state index >= 15 is 0 Å². The van der Waals surface area contributed by atoms with Crippen molar-refractivity contribution < 1.29 is 0 Å². The molecule has 4 nitrogen and oxygen atoms in total. The molecule has 4 rings (SSSR count). The van der Waals surface area contributed by atoms with Crippen LogP contribution in [0.25, 0.3) is 11.0 Å². The number of nitrogens with zero attached hydrogens (tertiary/aromatic N) is 3. The summed E-state index contributed by atoms with van der Waals surface area (Å²) >= 11 is 0. The first-order valence-electron chi connectivity index (χ1n) is 9.66. The number of likely N-dealkylation sites (tertiary alicyclic amines) is 1. The van der Waals surface area contributed by atoms with Crippen molar-refractivity contribution in [2.75, 3.05) is 19.6 Å². The standard InChI is InChI=1S/C22H28N4/c1-25-21-8-3-2-7-20(21)24-22(25)19-10-13-26(14-11-19)16-18-6-4-5-17(15-18)9-12-23/h2-8,15,19H,9-14,16,23H2,1H3. The molecule has 1 aliphatic heterocycles. The normalized spacial score (nSPS) is 16.4. The van der Waals surface area contributed by atoms with E-state index < -0.39 is 0 Å². The Morgan fingerprint density at radius 2 is 1.81 bits per heavy atom. The highest BCUT2D eigenvalue weighted by Crippen LogP contribution is 2.30. The van der Waals surface area contributed by atoms with Gasteiger partial charge in [-0.25, -0.2) is 4.98 Å². The SMILES string of the molecule is Cn1c(C2CCN(Cc3cccc(CCN)c3)CC2)nc2ccccc21. The van der Waals surface area contributed by atoms with Crippen LogP contribution in [0.3, 0.4) is 0 Å². The molecule has 0 spiro atoms. The van der Waals surface area contributed by atoms with E-state index in [-0.39, 0.29) is 0 Å². The second-order valence-corrected chi connectivity index (χ2v) is 7.43. The van der Waals surface area contributed by atoms with Crippen molar-refractivity contribution in [3.8, 4) is 0 Å². The molecule has 136 valence electrons. The van der Waals surface area contributed by atoms with Gasteiger partial charge in [0.05, 0.1) is 11.0 Å². The quantitative estimate of drug-likeness (QED) is 0.768. The van der Waals surface area contributed by atoms with Crippen LogP contribution in [-0.2, 0) is 20.0 Å². The Balaban J connectivity index is 1.41. The summed E-state index contributed by atoms with van der Waals surface area (Å²) in [5.41, 5.74) is 10.8. The third-order valence-electron chi connectivity index (χ3n) is 5.61. The maximum Gasteiger partial charge on any atom is 0.112 e. The van der Waals surface area contributed by atoms with Gasteiger partial charge in [-0.05, 0) is 62.2 Å². The molecule has 0 bridgehead atoms. The molecular weight excluding hydrogens is 320 g/mol. The summed E-state index contributed by atoms with van der Waals surface area (Å²) < 4.78 is 2.28. The van der Waals surface area contributed by atoms with Crippen LogP contribution in [-0.4, -0.2) is 34.1 Å². The molecule has 2 N–H and O–H groups in total. The van der Waals surface area contributed by atoms with Gasteiger partial charge in [0.1, 0.15) is 5.82 Å². The van der Waals surface area contributed by atoms with Crippen LogP contribution in [0.15, 0.2) is 48.5 Å². The molecule has 1 aromatic heterocycles. The predicted molar refractivity (Wildman–Crippen MR) is 107 cm³/mol. The Labute approximate surface area is 155 Å². The van der Waals surface area contributed by atoms with Crippen molar-refractivity contribution in [1.82, 2.24) is 14.5 Å². The third kappa shape index (κ3) is 3.53. The average Bonchev–Trinajstić information content (AvgIpc) is 3.00. The van der Waals surface area contributed by atoms with Gasteiger partial charge in [0.2, 0.25) is 0 Å². The molecule has 2 heterocycles. The van der Waals surface area contributed by atoms with Crippen molar-refractivity contribution in [1.29, 1.82) is 0 Å². The van der Waals surface area contributed by atoms with E-state index in [1.807, 2.05) is 0 Å². The number of para-hydroxylation sites is 2. The number of piperidine rings is 1. The highest BCUT2D eigenvalue weighted by Gasteiger charge is 2.24. The Hall–Kier alpha value is -2.17. The van der Waals surface area contributed by atoms with Gasteiger partial charge < -0.3 is 10.3 Å². The first-order chi connectivity index (χ1) is 12.7. The largest absolute Gasteiger partial charge is 0.331 e. The minimum Gasteiger partial charge on any atom is -0.331 e. The van der Waals surface area contributed by atoms with Crippen LogP contribution in [0.5, 0.6) is 0 Å². The van der Waals surface area contributed by atoms with Gasteiger partial charge in [0.25, 0.3) is 0 Å². The summed E-state index contributed by atoms with van der Waals surface area (Å²) in [5.74, 6) is 1.81. The van der Waals surface area contributed by atoms with Crippen LogP contribution in [0.2, 0.25) is 0 Å². The molecule has 0 atom stereocenters. The molecule has 2 aromatic carbocycles. The number of nitrogens with two attached hydrogens (primary N) is 1. The molecule has 0 unspecified atom stereocenters. The fourth-order valence-electron chi connectivity index (χ4n) is 4.19. The van der Waals surface area contributed by atoms with Crippen molar-refractivity contribution >= 4 is 11.0 Å². The van der Waals surface area contributed by atoms with Gasteiger partial charge in [0.15, 0.2) is 0 Å². The lowest BCUT2D eigenvalue weighted by Crippen LogP contribution is -2.33. The maximum absolute atomic E-state index is 5.69. The number of benzene rings is 2. The summed E-state index contributed by atoms with van der Waals surface area (Å²) in [6.45, 7) is 4.02. The van der Waals surface area contributed by atoms with Crippen molar-refractivity contribution in [3.05, 3.63) is 65.5 Å². The molecule has 0 saturated carbocycles. The van der Waals surface area contributed by atoms with Crippen molar-refractivity contribution in [3.63, 3.8) is 0 Å². The molecule has 1 aliphatic rings. The lowest BCUT2D eigenvalue weighted by molar-refractivity contribution is 0.201. The first-order valence-corrected chi connectivity index (χ1v) is 9.66. The molecule has 4 heteroatoms. The zero-order chi connectivity index (χ0) is 17.9. The smallest absolute Gasteiger partial charge is 0.112 e. The molecule has 1 fully saturated rings. The molecule has 0 radical (unpaired) electrons. The molecular formula is C22H28N4. The van der Waals surface area contributed by atoms with E-state index in [0.717, 1.165) is 31.6 Å². The van der Waals surface area contributed by atoms with E-state index in [4.69, 9.17) is 10.7 Å². The van der Waals surface area contributed by atoms with E-state index in [1.165, 1.54) is 35.3 Å². The van der Waals surface area contributed by atoms with E-state index in [9.17, 15) is 0 Å². The number of hydrogen-bond donors (Lipinski definition) is 1. The maximum atomic E-state index is 5.69. The van der Waals surface area contributed by atoms with Crippen LogP contribution >= 0.6 is 0 Å². The van der Waals surface area contributed by atoms with E-state index in [1.54, 1.807) is 0 Å². The summed E-state index contributed by atoms with van der Waals surface area (Å²) in [6, 6.07) is 17.3. The van der Waals surface area contributed by atoms with Crippen molar-refractivity contribution in [2.45, 2.75) is 31.7 Å². The fraction of sp³-hybridized carbons (Fsp3) is 0.409. The number of hydrogen-bond acceptors (Lipinski definition) is 3. The topological polar surface area (TPSA) is 47.1 Å². The molecule has 3 aromatic rings. The first kappa shape index (κ1) is 17.3. The predicted octanol–water partition coefficient (Wildman–Crippen LogP) is 3.45. The summed E-state index contributed by atoms with van der Waals surface area (Å²) in [5, 5.41) is 0. The van der Waals surface area contributed by atoms with Crippen molar-refractivity contribution in [2.24, 2.45) is 12.8 Å². The second kappa shape index (κ2) is 7.60. The van der Waals surface area contributed by atoms with Gasteiger partial charge in [-0.15, -0.1) is 0 Å². The number of aryl methyl sites for hydroxylation is 1. The van der Waals surface area contributed by atoms with Crippen LogP contribution in [0.4, 0.5) is 0 Å². The van der Waals surface area contributed by atoms with Crippen LogP contribution in [0.1, 0.15) is 35.7 Å². The minimum atomic E-state index is 0.562. The molecule has 1 saturated heterocycles. The highest BCUT2D eigenvalue weighted by molar-refractivity contribution is 5.75. The van der Waals surface area contributed by atoms with Crippen LogP contribution in [0, 0.1) is 0 Å². The third-order valence-corrected chi connectivity index (χ3v) is 5.61. The fourth-order valence-corrected chi connectivity index (χ4v) is 4.19. The van der Waals surface area contributed by atoms with Gasteiger partial charge in [-0.2, -0.15) is 0 Å². The number of fused-ring (bicyclic) bond motifs is 1. The Bertz CT molecular complexity index is 875. The van der Waals surface area contributed by atoms with E-state index in [0.29, 0.717) is 12.5 Å². The summed E-state index contributed by atoms with van der Waals surface area (Å²) in [7, 11) is 2.15. The average molecular weight is 348 g/mol. The van der Waals surface area contributed by atoms with Gasteiger partial charge in [-0.1, -0.05) is 36.4 Å².